The molecular formula is C24H26N4O5. The maximum absolute atomic E-state index is 12.9. The summed E-state index contributed by atoms with van der Waals surface area (Å²) in [7, 11) is 2.90. The number of hydrogen-bond acceptors (Lipinski definition) is 8. The lowest BCUT2D eigenvalue weighted by Crippen LogP contribution is -2.12. The molecule has 2 aromatic heterocycles. The van der Waals surface area contributed by atoms with Crippen LogP contribution < -0.4 is 9.47 Å². The second-order valence-corrected chi connectivity index (χ2v) is 7.35. The van der Waals surface area contributed by atoms with E-state index in [2.05, 4.69) is 21.0 Å². The highest BCUT2D eigenvalue weighted by Crippen LogP contribution is 2.36. The third-order valence-corrected chi connectivity index (χ3v) is 4.96. The van der Waals surface area contributed by atoms with E-state index in [4.69, 9.17) is 20.6 Å². The number of methoxy groups -OCH3 is 2. The van der Waals surface area contributed by atoms with Gasteiger partial charge in [-0.1, -0.05) is 31.9 Å². The number of ether oxygens (including phenoxy) is 3. The van der Waals surface area contributed by atoms with Gasteiger partial charge in [0, 0.05) is 11.1 Å². The SMILES string of the molecule is C#Cc1ccc(C(O)c2c(C(=O)OCC)nn(-c3cnc(OC)nc3OC)c2C(C)C)cc1. The molecule has 0 bridgehead atoms. The van der Waals surface area contributed by atoms with Crippen LogP contribution in [0.25, 0.3) is 5.69 Å². The molecule has 2 heterocycles. The van der Waals surface area contributed by atoms with Gasteiger partial charge >= 0.3 is 12.0 Å². The molecule has 1 unspecified atom stereocenters. The number of aliphatic hydroxyl groups is 1. The summed E-state index contributed by atoms with van der Waals surface area (Å²) in [6.45, 7) is 5.71. The second kappa shape index (κ2) is 10.1. The van der Waals surface area contributed by atoms with Crippen LogP contribution in [0.1, 0.15) is 65.7 Å². The van der Waals surface area contributed by atoms with E-state index < -0.39 is 12.1 Å². The number of carbonyl (C=O) groups is 1. The van der Waals surface area contributed by atoms with E-state index in [0.29, 0.717) is 28.1 Å². The lowest BCUT2D eigenvalue weighted by atomic mass is 9.94. The summed E-state index contributed by atoms with van der Waals surface area (Å²) < 4.78 is 17.2. The summed E-state index contributed by atoms with van der Waals surface area (Å²) in [6, 6.07) is 7.00. The molecule has 0 aliphatic heterocycles. The predicted octanol–water partition coefficient (Wildman–Crippen LogP) is 3.04. The van der Waals surface area contributed by atoms with Crippen molar-refractivity contribution < 1.29 is 24.1 Å². The van der Waals surface area contributed by atoms with E-state index in [1.807, 2.05) is 13.8 Å². The first-order valence-corrected chi connectivity index (χ1v) is 10.4. The van der Waals surface area contributed by atoms with Gasteiger partial charge in [0.1, 0.15) is 11.8 Å². The Hall–Kier alpha value is -3.90. The van der Waals surface area contributed by atoms with Crippen LogP contribution in [-0.4, -0.2) is 51.7 Å². The molecule has 9 nitrogen and oxygen atoms in total. The number of nitrogens with zero attached hydrogens (tertiary/aromatic N) is 4. The summed E-state index contributed by atoms with van der Waals surface area (Å²) in [6.07, 6.45) is 5.77. The quantitative estimate of drug-likeness (QED) is 0.412. The summed E-state index contributed by atoms with van der Waals surface area (Å²) in [5.74, 6) is 1.94. The van der Waals surface area contributed by atoms with Crippen molar-refractivity contribution in [1.82, 2.24) is 19.7 Å². The van der Waals surface area contributed by atoms with Crippen LogP contribution in [0.5, 0.6) is 11.9 Å². The minimum Gasteiger partial charge on any atom is -0.479 e. The molecule has 1 atom stereocenters. The van der Waals surface area contributed by atoms with E-state index in [1.165, 1.54) is 25.1 Å². The van der Waals surface area contributed by atoms with Gasteiger partial charge in [0.25, 0.3) is 0 Å². The normalized spacial score (nSPS) is 11.7. The van der Waals surface area contributed by atoms with E-state index >= 15 is 0 Å². The Labute approximate surface area is 192 Å². The van der Waals surface area contributed by atoms with Gasteiger partial charge in [-0.05, 0) is 30.5 Å². The van der Waals surface area contributed by atoms with Crippen LogP contribution >= 0.6 is 0 Å². The van der Waals surface area contributed by atoms with Gasteiger partial charge in [-0.15, -0.1) is 6.42 Å². The molecule has 0 amide bonds. The first kappa shape index (κ1) is 23.8. The number of benzene rings is 1. The lowest BCUT2D eigenvalue weighted by Gasteiger charge is -2.18. The molecule has 33 heavy (non-hydrogen) atoms. The number of aromatic nitrogens is 4. The van der Waals surface area contributed by atoms with Gasteiger partial charge in [-0.3, -0.25) is 0 Å². The molecule has 0 radical (unpaired) electrons. The highest BCUT2D eigenvalue weighted by atomic mass is 16.5. The molecule has 0 fully saturated rings. The molecule has 0 aliphatic rings. The van der Waals surface area contributed by atoms with Crippen LogP contribution in [0.4, 0.5) is 0 Å². The Morgan fingerprint density at radius 2 is 1.91 bits per heavy atom. The number of esters is 1. The number of aliphatic hydroxyl groups excluding tert-OH is 1. The molecule has 1 aromatic carbocycles. The second-order valence-electron chi connectivity index (χ2n) is 7.35. The average molecular weight is 450 g/mol. The van der Waals surface area contributed by atoms with Crippen LogP contribution in [-0.2, 0) is 4.74 Å². The maximum Gasteiger partial charge on any atom is 0.359 e. The molecule has 1 N–H and O–H groups in total. The summed E-state index contributed by atoms with van der Waals surface area (Å²) in [4.78, 5) is 21.2. The number of carbonyl (C=O) groups excluding carboxylic acids is 1. The molecule has 3 aromatic rings. The zero-order chi connectivity index (χ0) is 24.1. The topological polar surface area (TPSA) is 109 Å². The standard InChI is InChI=1S/C24H26N4O5/c1-7-15-9-11-16(12-10-15)21(29)18-19(23(30)33-8-2)27-28(20(18)14(3)4)17-13-25-24(32-6)26-22(17)31-5/h1,9-14,21,29H,8H2,2-6H3. The zero-order valence-electron chi connectivity index (χ0n) is 19.2. The van der Waals surface area contributed by atoms with Crippen LogP contribution in [0.2, 0.25) is 0 Å². The van der Waals surface area contributed by atoms with Crippen molar-refractivity contribution in [2.24, 2.45) is 0 Å². The van der Waals surface area contributed by atoms with E-state index in [1.54, 1.807) is 31.2 Å². The van der Waals surface area contributed by atoms with Crippen LogP contribution in [0.15, 0.2) is 30.5 Å². The number of rotatable bonds is 8. The fraction of sp³-hybridized carbons (Fsp3) is 0.333. The fourth-order valence-electron chi connectivity index (χ4n) is 3.47. The third-order valence-electron chi connectivity index (χ3n) is 4.96. The highest BCUT2D eigenvalue weighted by molar-refractivity contribution is 5.90. The van der Waals surface area contributed by atoms with Crippen LogP contribution in [0.3, 0.4) is 0 Å². The van der Waals surface area contributed by atoms with Gasteiger partial charge in [-0.2, -0.15) is 10.1 Å². The van der Waals surface area contributed by atoms with Crippen LogP contribution in [0, 0.1) is 12.3 Å². The van der Waals surface area contributed by atoms with Crippen molar-refractivity contribution in [3.05, 3.63) is 58.5 Å². The van der Waals surface area contributed by atoms with Gasteiger partial charge in [0.05, 0.1) is 32.7 Å². The zero-order valence-corrected chi connectivity index (χ0v) is 19.2. The lowest BCUT2D eigenvalue weighted by molar-refractivity contribution is 0.0513. The minimum absolute atomic E-state index is 0.00746. The highest BCUT2D eigenvalue weighted by Gasteiger charge is 2.32. The Balaban J connectivity index is 2.28. The molecule has 172 valence electrons. The van der Waals surface area contributed by atoms with E-state index in [0.717, 1.165) is 0 Å². The molecule has 0 aliphatic carbocycles. The molecule has 0 spiro atoms. The smallest absolute Gasteiger partial charge is 0.359 e. The Bertz CT molecular complexity index is 1180. The molecule has 0 saturated heterocycles. The summed E-state index contributed by atoms with van der Waals surface area (Å²) in [5, 5.41) is 15.9. The maximum atomic E-state index is 12.9. The molecule has 9 heteroatoms. The van der Waals surface area contributed by atoms with Crippen molar-refractivity contribution in [2.45, 2.75) is 32.8 Å². The molecular weight excluding hydrogens is 424 g/mol. The average Bonchev–Trinajstić information content (AvgIpc) is 3.24. The van der Waals surface area contributed by atoms with Gasteiger partial charge in [0.15, 0.2) is 5.69 Å². The van der Waals surface area contributed by atoms with Crippen molar-refractivity contribution in [2.75, 3.05) is 20.8 Å². The fourth-order valence-corrected chi connectivity index (χ4v) is 3.47. The molecule has 3 rings (SSSR count). The largest absolute Gasteiger partial charge is 0.479 e. The molecule has 0 saturated carbocycles. The summed E-state index contributed by atoms with van der Waals surface area (Å²) in [5.41, 5.74) is 2.52. The first-order valence-electron chi connectivity index (χ1n) is 10.4. The first-order chi connectivity index (χ1) is 15.9. The van der Waals surface area contributed by atoms with E-state index in [9.17, 15) is 9.90 Å². The van der Waals surface area contributed by atoms with Gasteiger partial charge in [0.2, 0.25) is 5.88 Å². The Morgan fingerprint density at radius 3 is 2.45 bits per heavy atom. The Morgan fingerprint density at radius 1 is 1.21 bits per heavy atom. The number of hydrogen-bond donors (Lipinski definition) is 1. The number of terminal acetylenes is 1. The van der Waals surface area contributed by atoms with Crippen molar-refractivity contribution in [1.29, 1.82) is 0 Å². The van der Waals surface area contributed by atoms with Crippen molar-refractivity contribution >= 4 is 5.97 Å². The van der Waals surface area contributed by atoms with Crippen molar-refractivity contribution in [3.63, 3.8) is 0 Å². The third kappa shape index (κ3) is 4.66. The monoisotopic (exact) mass is 450 g/mol. The Kier molecular flexibility index (Phi) is 7.30. The minimum atomic E-state index is -1.16. The summed E-state index contributed by atoms with van der Waals surface area (Å²) >= 11 is 0. The van der Waals surface area contributed by atoms with Crippen molar-refractivity contribution in [3.8, 4) is 29.9 Å². The predicted molar refractivity (Wildman–Crippen MR) is 121 cm³/mol. The van der Waals surface area contributed by atoms with Gasteiger partial charge in [-0.25, -0.2) is 14.5 Å². The van der Waals surface area contributed by atoms with Gasteiger partial charge < -0.3 is 19.3 Å². The van der Waals surface area contributed by atoms with E-state index in [-0.39, 0.29) is 30.1 Å².